The Balaban J connectivity index is 1.82. The van der Waals surface area contributed by atoms with E-state index in [-0.39, 0.29) is 6.10 Å². The molecule has 2 aliphatic heterocycles. The number of hydrogen-bond donors (Lipinski definition) is 2. The minimum Gasteiger partial charge on any atom is -0.393 e. The van der Waals surface area contributed by atoms with Gasteiger partial charge in [-0.25, -0.2) is 0 Å². The highest BCUT2D eigenvalue weighted by Crippen LogP contribution is 2.23. The van der Waals surface area contributed by atoms with E-state index < -0.39 is 0 Å². The van der Waals surface area contributed by atoms with Crippen molar-refractivity contribution in [2.24, 2.45) is 5.92 Å². The van der Waals surface area contributed by atoms with Crippen LogP contribution in [0.4, 0.5) is 0 Å². The fourth-order valence-corrected chi connectivity index (χ4v) is 2.69. The first-order valence-corrected chi connectivity index (χ1v) is 5.90. The van der Waals surface area contributed by atoms with Crippen molar-refractivity contribution in [1.29, 1.82) is 0 Å². The molecule has 0 aromatic carbocycles. The summed E-state index contributed by atoms with van der Waals surface area (Å²) in [6, 6.07) is 0.729. The van der Waals surface area contributed by atoms with Crippen LogP contribution in [-0.2, 0) is 0 Å². The molecule has 2 fully saturated rings. The van der Waals surface area contributed by atoms with Crippen LogP contribution in [0.25, 0.3) is 0 Å². The summed E-state index contributed by atoms with van der Waals surface area (Å²) >= 11 is 0. The highest BCUT2D eigenvalue weighted by Gasteiger charge is 2.30. The Morgan fingerprint density at radius 3 is 2.86 bits per heavy atom. The van der Waals surface area contributed by atoms with Crippen LogP contribution < -0.4 is 5.32 Å². The summed E-state index contributed by atoms with van der Waals surface area (Å²) in [4.78, 5) is 2.56. The van der Waals surface area contributed by atoms with Crippen molar-refractivity contribution in [3.05, 3.63) is 0 Å². The van der Waals surface area contributed by atoms with Gasteiger partial charge in [-0.3, -0.25) is 4.90 Å². The highest BCUT2D eigenvalue weighted by molar-refractivity contribution is 4.86. The lowest BCUT2D eigenvalue weighted by molar-refractivity contribution is 0.118. The normalized spacial score (nSPS) is 37.3. The van der Waals surface area contributed by atoms with Gasteiger partial charge in [0.25, 0.3) is 0 Å². The third kappa shape index (κ3) is 2.27. The van der Waals surface area contributed by atoms with Gasteiger partial charge >= 0.3 is 0 Å². The Labute approximate surface area is 86.5 Å². The van der Waals surface area contributed by atoms with E-state index in [0.717, 1.165) is 19.1 Å². The van der Waals surface area contributed by atoms with Crippen LogP contribution in [0, 0.1) is 5.92 Å². The largest absolute Gasteiger partial charge is 0.393 e. The fraction of sp³-hybridized carbons (Fsp3) is 1.00. The summed E-state index contributed by atoms with van der Waals surface area (Å²) in [5.74, 6) is 0.511. The molecule has 0 aromatic heterocycles. The van der Waals surface area contributed by atoms with Crippen molar-refractivity contribution in [1.82, 2.24) is 10.2 Å². The maximum Gasteiger partial charge on any atom is 0.0552 e. The minimum atomic E-state index is -0.128. The molecule has 2 N–H and O–H groups in total. The molecule has 0 aliphatic carbocycles. The predicted molar refractivity (Wildman–Crippen MR) is 57.3 cm³/mol. The summed E-state index contributed by atoms with van der Waals surface area (Å²) < 4.78 is 0. The molecule has 14 heavy (non-hydrogen) atoms. The Morgan fingerprint density at radius 2 is 2.29 bits per heavy atom. The monoisotopic (exact) mass is 198 g/mol. The van der Waals surface area contributed by atoms with Gasteiger partial charge in [0.15, 0.2) is 0 Å². The van der Waals surface area contributed by atoms with E-state index in [1.54, 1.807) is 0 Å². The van der Waals surface area contributed by atoms with Crippen LogP contribution in [0.2, 0.25) is 0 Å². The van der Waals surface area contributed by atoms with Gasteiger partial charge in [0.05, 0.1) is 6.10 Å². The lowest BCUT2D eigenvalue weighted by atomic mass is 10.0. The van der Waals surface area contributed by atoms with Gasteiger partial charge in [-0.15, -0.1) is 0 Å². The van der Waals surface area contributed by atoms with Crippen molar-refractivity contribution < 1.29 is 5.11 Å². The second-order valence-corrected chi connectivity index (χ2v) is 4.78. The first-order valence-electron chi connectivity index (χ1n) is 5.90. The number of aliphatic hydroxyl groups is 1. The third-order valence-corrected chi connectivity index (χ3v) is 3.73. The number of aliphatic hydroxyl groups excluding tert-OH is 1. The van der Waals surface area contributed by atoms with E-state index >= 15 is 0 Å². The standard InChI is InChI=1S/C11H22N2O/c1-9(14)10-4-6-13(8-10)11-3-2-5-12-7-11/h9-12,14H,2-8H2,1H3. The molecule has 0 saturated carbocycles. The Morgan fingerprint density at radius 1 is 1.43 bits per heavy atom. The number of likely N-dealkylation sites (tertiary alicyclic amines) is 1. The summed E-state index contributed by atoms with van der Waals surface area (Å²) in [6.07, 6.45) is 3.69. The van der Waals surface area contributed by atoms with E-state index in [0.29, 0.717) is 5.92 Å². The van der Waals surface area contributed by atoms with Crippen molar-refractivity contribution in [3.63, 3.8) is 0 Å². The van der Waals surface area contributed by atoms with Gasteiger partial charge in [0.1, 0.15) is 0 Å². The van der Waals surface area contributed by atoms with Crippen molar-refractivity contribution >= 4 is 0 Å². The quantitative estimate of drug-likeness (QED) is 0.676. The molecule has 0 spiro atoms. The molecule has 3 heteroatoms. The van der Waals surface area contributed by atoms with Crippen LogP contribution >= 0.6 is 0 Å². The van der Waals surface area contributed by atoms with E-state index in [2.05, 4.69) is 10.2 Å². The average Bonchev–Trinajstić information content (AvgIpc) is 2.68. The van der Waals surface area contributed by atoms with E-state index in [1.807, 2.05) is 6.92 Å². The average molecular weight is 198 g/mol. The number of piperidine rings is 1. The minimum absolute atomic E-state index is 0.128. The summed E-state index contributed by atoms with van der Waals surface area (Å²) in [7, 11) is 0. The molecule has 82 valence electrons. The second-order valence-electron chi connectivity index (χ2n) is 4.78. The third-order valence-electron chi connectivity index (χ3n) is 3.73. The second kappa shape index (κ2) is 4.60. The first kappa shape index (κ1) is 10.4. The van der Waals surface area contributed by atoms with E-state index in [9.17, 15) is 5.11 Å². The Bertz CT molecular complexity index is 178. The van der Waals surface area contributed by atoms with Gasteiger partial charge in [-0.05, 0) is 45.2 Å². The summed E-state index contributed by atoms with van der Waals surface area (Å²) in [5.41, 5.74) is 0. The van der Waals surface area contributed by atoms with Crippen LogP contribution in [0.3, 0.4) is 0 Å². The highest BCUT2D eigenvalue weighted by atomic mass is 16.3. The first-order chi connectivity index (χ1) is 6.77. The molecule has 0 bridgehead atoms. The van der Waals surface area contributed by atoms with Gasteiger partial charge in [-0.1, -0.05) is 0 Å². The van der Waals surface area contributed by atoms with Crippen molar-refractivity contribution in [3.8, 4) is 0 Å². The molecule has 2 rings (SSSR count). The summed E-state index contributed by atoms with van der Waals surface area (Å²) in [5, 5.41) is 13.0. The van der Waals surface area contributed by atoms with Crippen molar-refractivity contribution in [2.45, 2.75) is 38.3 Å². The molecule has 3 nitrogen and oxygen atoms in total. The molecule has 2 aliphatic rings. The zero-order chi connectivity index (χ0) is 9.97. The number of nitrogens with zero attached hydrogens (tertiary/aromatic N) is 1. The van der Waals surface area contributed by atoms with Crippen LogP contribution in [0.1, 0.15) is 26.2 Å². The number of rotatable bonds is 2. The van der Waals surface area contributed by atoms with Gasteiger partial charge in [0, 0.05) is 19.1 Å². The van der Waals surface area contributed by atoms with Crippen LogP contribution in [0.5, 0.6) is 0 Å². The topological polar surface area (TPSA) is 35.5 Å². The SMILES string of the molecule is CC(O)C1CCN(C2CCCNC2)C1. The number of nitrogens with one attached hydrogen (secondary N) is 1. The van der Waals surface area contributed by atoms with Crippen molar-refractivity contribution in [2.75, 3.05) is 26.2 Å². The molecule has 3 unspecified atom stereocenters. The predicted octanol–water partition coefficient (Wildman–Crippen LogP) is 0.441. The molecular formula is C11H22N2O. The van der Waals surface area contributed by atoms with Crippen LogP contribution in [-0.4, -0.2) is 48.3 Å². The molecule has 0 radical (unpaired) electrons. The lowest BCUT2D eigenvalue weighted by Crippen LogP contribution is -2.45. The Hall–Kier alpha value is -0.120. The zero-order valence-electron chi connectivity index (χ0n) is 9.08. The van der Waals surface area contributed by atoms with Gasteiger partial charge in [-0.2, -0.15) is 0 Å². The lowest BCUT2D eigenvalue weighted by Gasteiger charge is -2.31. The molecular weight excluding hydrogens is 176 g/mol. The van der Waals surface area contributed by atoms with Gasteiger partial charge < -0.3 is 10.4 Å². The molecule has 0 amide bonds. The molecule has 0 aromatic rings. The smallest absolute Gasteiger partial charge is 0.0552 e. The van der Waals surface area contributed by atoms with E-state index in [1.165, 1.54) is 32.4 Å². The number of hydrogen-bond acceptors (Lipinski definition) is 3. The fourth-order valence-electron chi connectivity index (χ4n) is 2.69. The van der Waals surface area contributed by atoms with E-state index in [4.69, 9.17) is 0 Å². The molecule has 3 atom stereocenters. The molecule has 2 heterocycles. The zero-order valence-corrected chi connectivity index (χ0v) is 9.08. The summed E-state index contributed by atoms with van der Waals surface area (Å²) in [6.45, 7) is 6.54. The maximum absolute atomic E-state index is 9.53. The van der Waals surface area contributed by atoms with Gasteiger partial charge in [0.2, 0.25) is 0 Å². The Kier molecular flexibility index (Phi) is 3.42. The maximum atomic E-state index is 9.53. The van der Waals surface area contributed by atoms with Crippen LogP contribution in [0.15, 0.2) is 0 Å². The molecule has 2 saturated heterocycles.